The second kappa shape index (κ2) is 9.58. The van der Waals surface area contributed by atoms with Crippen LogP contribution in [0.1, 0.15) is 24.0 Å². The number of likely N-dealkylation sites (N-methyl/N-ethyl adjacent to an activating group) is 1. The summed E-state index contributed by atoms with van der Waals surface area (Å²) in [4.78, 5) is 20.7. The summed E-state index contributed by atoms with van der Waals surface area (Å²) >= 11 is 0. The number of rotatable bonds is 7. The van der Waals surface area contributed by atoms with Crippen LogP contribution in [0.5, 0.6) is 0 Å². The lowest BCUT2D eigenvalue weighted by Crippen LogP contribution is -2.49. The summed E-state index contributed by atoms with van der Waals surface area (Å²) in [5, 5.41) is 3.13. The lowest BCUT2D eigenvalue weighted by Gasteiger charge is -2.33. The van der Waals surface area contributed by atoms with Gasteiger partial charge in [-0.05, 0) is 44.1 Å². The van der Waals surface area contributed by atoms with E-state index in [0.717, 1.165) is 31.5 Å². The number of piperidine rings is 1. The molecule has 1 aliphatic heterocycles. The number of nitrogens with zero attached hydrogens (tertiary/aromatic N) is 3. The van der Waals surface area contributed by atoms with Gasteiger partial charge in [-0.2, -0.15) is 0 Å². The van der Waals surface area contributed by atoms with Gasteiger partial charge < -0.3 is 5.32 Å². The van der Waals surface area contributed by atoms with Crippen molar-refractivity contribution in [3.63, 3.8) is 0 Å². The molecular formula is C21H27FN4O. The number of pyridine rings is 1. The van der Waals surface area contributed by atoms with Gasteiger partial charge in [0.1, 0.15) is 5.82 Å². The van der Waals surface area contributed by atoms with E-state index in [1.54, 1.807) is 12.3 Å². The van der Waals surface area contributed by atoms with E-state index >= 15 is 0 Å². The van der Waals surface area contributed by atoms with Crippen LogP contribution in [0.2, 0.25) is 0 Å². The Hall–Kier alpha value is -2.31. The number of nitrogens with one attached hydrogen (secondary N) is 1. The van der Waals surface area contributed by atoms with Crippen molar-refractivity contribution in [3.05, 3.63) is 65.7 Å². The fraction of sp³-hybridized carbons (Fsp3) is 0.429. The van der Waals surface area contributed by atoms with E-state index in [1.165, 1.54) is 6.07 Å². The predicted molar refractivity (Wildman–Crippen MR) is 103 cm³/mol. The summed E-state index contributed by atoms with van der Waals surface area (Å²) in [5.74, 6) is -0.139. The summed E-state index contributed by atoms with van der Waals surface area (Å²) in [5.41, 5.74) is 1.79. The van der Waals surface area contributed by atoms with Gasteiger partial charge in [-0.25, -0.2) is 4.39 Å². The molecule has 1 atom stereocenters. The number of benzene rings is 1. The maximum absolute atomic E-state index is 13.9. The molecule has 1 fully saturated rings. The molecule has 0 spiro atoms. The lowest BCUT2D eigenvalue weighted by molar-refractivity contribution is -0.123. The van der Waals surface area contributed by atoms with Crippen molar-refractivity contribution in [1.82, 2.24) is 20.1 Å². The fourth-order valence-electron chi connectivity index (χ4n) is 3.56. The van der Waals surface area contributed by atoms with Crippen LogP contribution in [0.25, 0.3) is 0 Å². The summed E-state index contributed by atoms with van der Waals surface area (Å²) in [7, 11) is 1.93. The average Bonchev–Trinajstić information content (AvgIpc) is 2.64. The molecule has 2 heterocycles. The maximum Gasteiger partial charge on any atom is 0.234 e. The number of carbonyl (C=O) groups is 1. The van der Waals surface area contributed by atoms with Gasteiger partial charge in [-0.1, -0.05) is 24.3 Å². The monoisotopic (exact) mass is 370 g/mol. The molecule has 144 valence electrons. The molecule has 0 radical (unpaired) electrons. The minimum atomic E-state index is -0.166. The normalized spacial score (nSPS) is 17.8. The van der Waals surface area contributed by atoms with Crippen LogP contribution in [0.4, 0.5) is 4.39 Å². The number of halogens is 1. The number of likely N-dealkylation sites (tertiary alicyclic amines) is 1. The average molecular weight is 370 g/mol. The molecule has 27 heavy (non-hydrogen) atoms. The smallest absolute Gasteiger partial charge is 0.234 e. The molecule has 1 aromatic heterocycles. The zero-order chi connectivity index (χ0) is 19.1. The Morgan fingerprint density at radius 3 is 2.96 bits per heavy atom. The highest BCUT2D eigenvalue weighted by Crippen LogP contribution is 2.15. The van der Waals surface area contributed by atoms with E-state index in [1.807, 2.05) is 42.4 Å². The summed E-state index contributed by atoms with van der Waals surface area (Å²) in [6.45, 7) is 3.30. The van der Waals surface area contributed by atoms with Gasteiger partial charge in [0.2, 0.25) is 5.91 Å². The van der Waals surface area contributed by atoms with E-state index in [4.69, 9.17) is 0 Å². The number of amides is 1. The SMILES string of the molecule is CN(CC(=O)N[C@H]1CCCN(Cc2ccccc2F)C1)Cc1cccnc1. The Labute approximate surface area is 160 Å². The van der Waals surface area contributed by atoms with Crippen molar-refractivity contribution >= 4 is 5.91 Å². The Bertz CT molecular complexity index is 740. The standard InChI is InChI=1S/C21H27FN4O/c1-25(13-17-6-4-10-23-12-17)16-21(27)24-19-8-5-11-26(15-19)14-18-7-2-3-9-20(18)22/h2-4,6-7,9-10,12,19H,5,8,11,13-16H2,1H3,(H,24,27)/t19-/m0/s1. The van der Waals surface area contributed by atoms with Crippen LogP contribution in [0.15, 0.2) is 48.8 Å². The molecule has 2 aromatic rings. The fourth-order valence-corrected chi connectivity index (χ4v) is 3.56. The van der Waals surface area contributed by atoms with Crippen LogP contribution in [0, 0.1) is 5.82 Å². The molecule has 1 aliphatic rings. The molecule has 1 amide bonds. The summed E-state index contributed by atoms with van der Waals surface area (Å²) in [6.07, 6.45) is 5.53. The topological polar surface area (TPSA) is 48.5 Å². The first kappa shape index (κ1) is 19.5. The van der Waals surface area contributed by atoms with Gasteiger partial charge in [0, 0.05) is 43.6 Å². The van der Waals surface area contributed by atoms with Gasteiger partial charge >= 0.3 is 0 Å². The lowest BCUT2D eigenvalue weighted by atomic mass is 10.0. The van der Waals surface area contributed by atoms with E-state index in [2.05, 4.69) is 15.2 Å². The van der Waals surface area contributed by atoms with Gasteiger partial charge in [0.25, 0.3) is 0 Å². The predicted octanol–water partition coefficient (Wildman–Crippen LogP) is 2.43. The van der Waals surface area contributed by atoms with Crippen molar-refractivity contribution in [3.8, 4) is 0 Å². The molecule has 1 N–H and O–H groups in total. The van der Waals surface area contributed by atoms with Gasteiger partial charge in [-0.3, -0.25) is 19.6 Å². The van der Waals surface area contributed by atoms with Crippen molar-refractivity contribution < 1.29 is 9.18 Å². The molecule has 0 bridgehead atoms. The molecule has 1 saturated heterocycles. The zero-order valence-corrected chi connectivity index (χ0v) is 15.8. The molecule has 0 unspecified atom stereocenters. The quantitative estimate of drug-likeness (QED) is 0.813. The Morgan fingerprint density at radius 2 is 2.19 bits per heavy atom. The zero-order valence-electron chi connectivity index (χ0n) is 15.8. The first-order valence-electron chi connectivity index (χ1n) is 9.43. The second-order valence-electron chi connectivity index (χ2n) is 7.27. The van der Waals surface area contributed by atoms with E-state index in [9.17, 15) is 9.18 Å². The third-order valence-electron chi connectivity index (χ3n) is 4.81. The molecular weight excluding hydrogens is 343 g/mol. The third kappa shape index (κ3) is 6.12. The first-order valence-corrected chi connectivity index (χ1v) is 9.43. The van der Waals surface area contributed by atoms with E-state index in [-0.39, 0.29) is 17.8 Å². The largest absolute Gasteiger partial charge is 0.351 e. The summed E-state index contributed by atoms with van der Waals surface area (Å²) in [6, 6.07) is 10.9. The first-order chi connectivity index (χ1) is 13.1. The second-order valence-corrected chi connectivity index (χ2v) is 7.27. The van der Waals surface area contributed by atoms with Gasteiger partial charge in [0.15, 0.2) is 0 Å². The van der Waals surface area contributed by atoms with E-state index in [0.29, 0.717) is 25.2 Å². The minimum absolute atomic E-state index is 0.0270. The van der Waals surface area contributed by atoms with Crippen molar-refractivity contribution in [2.45, 2.75) is 32.0 Å². The third-order valence-corrected chi connectivity index (χ3v) is 4.81. The van der Waals surface area contributed by atoms with Gasteiger partial charge in [0.05, 0.1) is 6.54 Å². The molecule has 5 nitrogen and oxygen atoms in total. The Morgan fingerprint density at radius 1 is 1.33 bits per heavy atom. The van der Waals surface area contributed by atoms with Gasteiger partial charge in [-0.15, -0.1) is 0 Å². The molecule has 6 heteroatoms. The maximum atomic E-state index is 13.9. The molecule has 0 saturated carbocycles. The van der Waals surface area contributed by atoms with Crippen LogP contribution in [-0.4, -0.2) is 53.4 Å². The number of hydrogen-bond donors (Lipinski definition) is 1. The van der Waals surface area contributed by atoms with Crippen LogP contribution in [0.3, 0.4) is 0 Å². The highest BCUT2D eigenvalue weighted by atomic mass is 19.1. The summed E-state index contributed by atoms with van der Waals surface area (Å²) < 4.78 is 13.9. The van der Waals surface area contributed by atoms with Crippen LogP contribution < -0.4 is 5.32 Å². The Kier molecular flexibility index (Phi) is 6.90. The molecule has 0 aliphatic carbocycles. The highest BCUT2D eigenvalue weighted by Gasteiger charge is 2.22. The van der Waals surface area contributed by atoms with E-state index < -0.39 is 0 Å². The highest BCUT2D eigenvalue weighted by molar-refractivity contribution is 5.78. The van der Waals surface area contributed by atoms with Crippen LogP contribution in [-0.2, 0) is 17.9 Å². The number of carbonyl (C=O) groups excluding carboxylic acids is 1. The van der Waals surface area contributed by atoms with Crippen LogP contribution >= 0.6 is 0 Å². The number of hydrogen-bond acceptors (Lipinski definition) is 4. The molecule has 3 rings (SSSR count). The number of aromatic nitrogens is 1. The molecule has 1 aromatic carbocycles. The van der Waals surface area contributed by atoms with Crippen molar-refractivity contribution in [2.75, 3.05) is 26.7 Å². The van der Waals surface area contributed by atoms with Crippen molar-refractivity contribution in [2.24, 2.45) is 0 Å². The van der Waals surface area contributed by atoms with Crippen molar-refractivity contribution in [1.29, 1.82) is 0 Å². The Balaban J connectivity index is 1.45. The minimum Gasteiger partial charge on any atom is -0.351 e.